The number of nitrogens with one attached hydrogen (secondary N) is 1. The fraction of sp³-hybridized carbons (Fsp3) is 0.333. The van der Waals surface area contributed by atoms with Crippen molar-refractivity contribution in [2.24, 2.45) is 0 Å². The number of pyridine rings is 1. The van der Waals surface area contributed by atoms with E-state index >= 15 is 0 Å². The number of hydrogen-bond acceptors (Lipinski definition) is 2. The smallest absolute Gasteiger partial charge is 0.262 e. The highest BCUT2D eigenvalue weighted by Gasteiger charge is 2.50. The zero-order valence-corrected chi connectivity index (χ0v) is 7.26. The van der Waals surface area contributed by atoms with Crippen LogP contribution in [0.25, 0.3) is 0 Å². The van der Waals surface area contributed by atoms with Crippen molar-refractivity contribution < 1.29 is 13.6 Å². The summed E-state index contributed by atoms with van der Waals surface area (Å²) in [6.45, 7) is 0. The first kappa shape index (κ1) is 9.05. The van der Waals surface area contributed by atoms with Crippen molar-refractivity contribution in [2.45, 2.75) is 18.5 Å². The number of rotatable bonds is 2. The Bertz CT molecular complexity index is 360. The molecule has 1 saturated carbocycles. The summed E-state index contributed by atoms with van der Waals surface area (Å²) in [6, 6.07) is 2.44. The predicted octanol–water partition coefficient (Wildman–Crippen LogP) is 1.66. The monoisotopic (exact) mass is 198 g/mol. The second kappa shape index (κ2) is 3.01. The third-order valence-corrected chi connectivity index (χ3v) is 2.08. The minimum Gasteiger partial charge on any atom is -0.322 e. The summed E-state index contributed by atoms with van der Waals surface area (Å²) < 4.78 is 25.5. The Hall–Kier alpha value is -1.52. The third kappa shape index (κ3) is 1.71. The number of nitrogens with zero attached hydrogens (tertiary/aromatic N) is 1. The molecule has 0 bridgehead atoms. The first-order chi connectivity index (χ1) is 6.60. The number of hydrogen-bond donors (Lipinski definition) is 1. The molecule has 5 heteroatoms. The maximum absolute atomic E-state index is 13.2. The van der Waals surface area contributed by atoms with Gasteiger partial charge >= 0.3 is 0 Å². The molecule has 0 spiro atoms. The Morgan fingerprint density at radius 1 is 1.50 bits per heavy atom. The van der Waals surface area contributed by atoms with Gasteiger partial charge in [0.2, 0.25) is 5.95 Å². The maximum Gasteiger partial charge on any atom is 0.262 e. The molecule has 1 aliphatic rings. The molecule has 14 heavy (non-hydrogen) atoms. The molecular formula is C9H8F2N2O. The zero-order valence-electron chi connectivity index (χ0n) is 7.26. The summed E-state index contributed by atoms with van der Waals surface area (Å²) in [7, 11) is 0. The number of aromatic nitrogens is 1. The number of amides is 1. The van der Waals surface area contributed by atoms with E-state index in [2.05, 4.69) is 10.3 Å². The van der Waals surface area contributed by atoms with E-state index in [-0.39, 0.29) is 12.8 Å². The van der Waals surface area contributed by atoms with Gasteiger partial charge in [-0.05, 0) is 25.0 Å². The molecule has 1 aliphatic carbocycles. The molecule has 0 saturated heterocycles. The normalized spacial score (nSPS) is 17.6. The number of carbonyl (C=O) groups excluding carboxylic acids is 1. The van der Waals surface area contributed by atoms with Gasteiger partial charge in [0.15, 0.2) is 5.67 Å². The van der Waals surface area contributed by atoms with E-state index in [4.69, 9.17) is 0 Å². The Morgan fingerprint density at radius 2 is 2.21 bits per heavy atom. The first-order valence-electron chi connectivity index (χ1n) is 4.22. The van der Waals surface area contributed by atoms with E-state index in [0.717, 1.165) is 12.3 Å². The molecule has 0 aliphatic heterocycles. The summed E-state index contributed by atoms with van der Waals surface area (Å²) in [5, 5.41) is 2.33. The highest BCUT2D eigenvalue weighted by Crippen LogP contribution is 2.40. The van der Waals surface area contributed by atoms with Crippen molar-refractivity contribution in [2.75, 3.05) is 5.32 Å². The predicted molar refractivity (Wildman–Crippen MR) is 45.9 cm³/mol. The van der Waals surface area contributed by atoms with Gasteiger partial charge in [-0.3, -0.25) is 4.79 Å². The Morgan fingerprint density at radius 3 is 2.71 bits per heavy atom. The van der Waals surface area contributed by atoms with Gasteiger partial charge in [-0.25, -0.2) is 9.37 Å². The lowest BCUT2D eigenvalue weighted by Crippen LogP contribution is -2.25. The van der Waals surface area contributed by atoms with Gasteiger partial charge in [-0.1, -0.05) is 0 Å². The second-order valence-electron chi connectivity index (χ2n) is 3.29. The summed E-state index contributed by atoms with van der Waals surface area (Å²) in [4.78, 5) is 14.5. The van der Waals surface area contributed by atoms with Crippen LogP contribution in [0.2, 0.25) is 0 Å². The summed E-state index contributed by atoms with van der Waals surface area (Å²) in [5.74, 6) is -1.31. The molecule has 0 unspecified atom stereocenters. The SMILES string of the molecule is O=C(Nc1ccc(F)nc1)C1(F)CC1. The number of carbonyl (C=O) groups is 1. The molecule has 1 heterocycles. The zero-order chi connectivity index (χ0) is 10.2. The minimum atomic E-state index is -1.71. The number of halogens is 2. The molecule has 3 nitrogen and oxygen atoms in total. The van der Waals surface area contributed by atoms with Gasteiger partial charge in [0.25, 0.3) is 5.91 Å². The standard InChI is InChI=1S/C9H8F2N2O/c10-7-2-1-6(5-12-7)13-8(14)9(11)3-4-9/h1-2,5H,3-4H2,(H,13,14). The Kier molecular flexibility index (Phi) is 1.94. The van der Waals surface area contributed by atoms with E-state index in [1.165, 1.54) is 6.07 Å². The van der Waals surface area contributed by atoms with Crippen molar-refractivity contribution in [1.29, 1.82) is 0 Å². The largest absolute Gasteiger partial charge is 0.322 e. The van der Waals surface area contributed by atoms with Crippen LogP contribution in [-0.4, -0.2) is 16.6 Å². The van der Waals surface area contributed by atoms with Crippen LogP contribution in [0.15, 0.2) is 18.3 Å². The van der Waals surface area contributed by atoms with Crippen LogP contribution in [0.3, 0.4) is 0 Å². The molecule has 1 amide bonds. The van der Waals surface area contributed by atoms with Crippen LogP contribution in [0.1, 0.15) is 12.8 Å². The molecule has 1 N–H and O–H groups in total. The van der Waals surface area contributed by atoms with Crippen molar-refractivity contribution >= 4 is 11.6 Å². The maximum atomic E-state index is 13.2. The molecule has 0 radical (unpaired) electrons. The van der Waals surface area contributed by atoms with E-state index < -0.39 is 17.5 Å². The molecule has 74 valence electrons. The van der Waals surface area contributed by atoms with Crippen molar-refractivity contribution in [3.63, 3.8) is 0 Å². The van der Waals surface area contributed by atoms with Gasteiger partial charge in [0, 0.05) is 0 Å². The van der Waals surface area contributed by atoms with Crippen molar-refractivity contribution in [3.05, 3.63) is 24.3 Å². The second-order valence-corrected chi connectivity index (χ2v) is 3.29. The van der Waals surface area contributed by atoms with Crippen LogP contribution < -0.4 is 5.32 Å². The van der Waals surface area contributed by atoms with E-state index in [0.29, 0.717) is 5.69 Å². The lowest BCUT2D eigenvalue weighted by Gasteiger charge is -2.06. The minimum absolute atomic E-state index is 0.257. The van der Waals surface area contributed by atoms with Gasteiger partial charge in [-0.15, -0.1) is 0 Å². The van der Waals surface area contributed by atoms with Crippen LogP contribution >= 0.6 is 0 Å². The molecular weight excluding hydrogens is 190 g/mol. The van der Waals surface area contributed by atoms with Gasteiger partial charge in [-0.2, -0.15) is 4.39 Å². The average molecular weight is 198 g/mol. The highest BCUT2D eigenvalue weighted by atomic mass is 19.1. The van der Waals surface area contributed by atoms with Crippen LogP contribution in [0, 0.1) is 5.95 Å². The fourth-order valence-electron chi connectivity index (χ4n) is 1.03. The molecule has 2 rings (SSSR count). The van der Waals surface area contributed by atoms with Crippen molar-refractivity contribution in [3.8, 4) is 0 Å². The quantitative estimate of drug-likeness (QED) is 0.734. The first-order valence-corrected chi connectivity index (χ1v) is 4.22. The third-order valence-electron chi connectivity index (χ3n) is 2.08. The molecule has 1 fully saturated rings. The number of anilines is 1. The van der Waals surface area contributed by atoms with Gasteiger partial charge < -0.3 is 5.32 Å². The molecule has 0 aromatic carbocycles. The summed E-state index contributed by atoms with van der Waals surface area (Å²) in [6.07, 6.45) is 1.67. The molecule has 1 aromatic rings. The van der Waals surface area contributed by atoms with Gasteiger partial charge in [0.05, 0.1) is 11.9 Å². The number of alkyl halides is 1. The van der Waals surface area contributed by atoms with Crippen LogP contribution in [-0.2, 0) is 4.79 Å². The fourth-order valence-corrected chi connectivity index (χ4v) is 1.03. The summed E-state index contributed by atoms with van der Waals surface area (Å²) >= 11 is 0. The van der Waals surface area contributed by atoms with Crippen LogP contribution in [0.5, 0.6) is 0 Å². The Labute approximate surface area is 79.1 Å². The molecule has 0 atom stereocenters. The van der Waals surface area contributed by atoms with Crippen molar-refractivity contribution in [1.82, 2.24) is 4.98 Å². The van der Waals surface area contributed by atoms with Crippen LogP contribution in [0.4, 0.5) is 14.5 Å². The lowest BCUT2D eigenvalue weighted by molar-refractivity contribution is -0.122. The van der Waals surface area contributed by atoms with Gasteiger partial charge in [0.1, 0.15) is 0 Å². The highest BCUT2D eigenvalue weighted by molar-refractivity contribution is 5.99. The topological polar surface area (TPSA) is 42.0 Å². The summed E-state index contributed by atoms with van der Waals surface area (Å²) in [5.41, 5.74) is -1.41. The molecule has 1 aromatic heterocycles. The Balaban J connectivity index is 2.04. The van der Waals surface area contributed by atoms with E-state index in [1.807, 2.05) is 0 Å². The van der Waals surface area contributed by atoms with E-state index in [9.17, 15) is 13.6 Å². The lowest BCUT2D eigenvalue weighted by atomic mass is 10.3. The van der Waals surface area contributed by atoms with E-state index in [1.54, 1.807) is 0 Å². The average Bonchev–Trinajstić information content (AvgIpc) is 2.89.